The summed E-state index contributed by atoms with van der Waals surface area (Å²) in [5, 5.41) is 1.16. The monoisotopic (exact) mass is 393 g/mol. The van der Waals surface area contributed by atoms with Gasteiger partial charge in [0.25, 0.3) is 0 Å². The molecular weight excluding hydrogens is 366 g/mol. The van der Waals surface area contributed by atoms with E-state index < -0.39 is 0 Å². The van der Waals surface area contributed by atoms with Crippen molar-refractivity contribution in [2.45, 2.75) is 26.2 Å². The number of pyridine rings is 2. The largest absolute Gasteiger partial charge is 0.300 e. The van der Waals surface area contributed by atoms with E-state index in [4.69, 9.17) is 4.98 Å². The molecule has 0 N–H and O–H groups in total. The summed E-state index contributed by atoms with van der Waals surface area (Å²) in [6.45, 7) is 8.85. The third-order valence-corrected chi connectivity index (χ3v) is 5.74. The lowest BCUT2D eigenvalue weighted by Crippen LogP contribution is -2.20. The first-order valence-electron chi connectivity index (χ1n) is 10.4. The lowest BCUT2D eigenvalue weighted by Gasteiger charge is -2.16. The summed E-state index contributed by atoms with van der Waals surface area (Å²) in [5.41, 5.74) is 7.13. The van der Waals surface area contributed by atoms with Crippen molar-refractivity contribution in [1.29, 1.82) is 0 Å². The predicted molar refractivity (Wildman–Crippen MR) is 126 cm³/mol. The molecule has 0 radical (unpaired) electrons. The van der Waals surface area contributed by atoms with Crippen LogP contribution in [-0.4, -0.2) is 16.6 Å². The number of fused-ring (bicyclic) bond motifs is 1. The van der Waals surface area contributed by atoms with Crippen LogP contribution in [-0.2, 0) is 0 Å². The molecule has 0 amide bonds. The Morgan fingerprint density at radius 2 is 1.77 bits per heavy atom. The van der Waals surface area contributed by atoms with Crippen molar-refractivity contribution in [2.24, 2.45) is 4.99 Å². The van der Waals surface area contributed by atoms with Crippen LogP contribution in [0.25, 0.3) is 27.7 Å². The van der Waals surface area contributed by atoms with Crippen molar-refractivity contribution in [2.75, 3.05) is 7.05 Å². The summed E-state index contributed by atoms with van der Waals surface area (Å²) in [7, 11) is 1.80. The summed E-state index contributed by atoms with van der Waals surface area (Å²) in [6, 6.07) is 25.1. The van der Waals surface area contributed by atoms with Gasteiger partial charge in [-0.25, -0.2) is 4.98 Å². The van der Waals surface area contributed by atoms with Crippen LogP contribution in [0, 0.1) is 0 Å². The van der Waals surface area contributed by atoms with E-state index >= 15 is 0 Å². The van der Waals surface area contributed by atoms with Gasteiger partial charge in [0, 0.05) is 18.6 Å². The first kappa shape index (κ1) is 19.8. The highest BCUT2D eigenvalue weighted by Gasteiger charge is 2.12. The topological polar surface area (TPSA) is 30.2 Å². The number of benzene rings is 2. The van der Waals surface area contributed by atoms with Crippen LogP contribution in [0.3, 0.4) is 0 Å². The van der Waals surface area contributed by atoms with Crippen molar-refractivity contribution >= 4 is 16.6 Å². The average Bonchev–Trinajstić information content (AvgIpc) is 2.82. The molecule has 30 heavy (non-hydrogen) atoms. The van der Waals surface area contributed by atoms with Gasteiger partial charge in [0.15, 0.2) is 0 Å². The van der Waals surface area contributed by atoms with Crippen LogP contribution in [0.5, 0.6) is 0 Å². The second-order valence-electron chi connectivity index (χ2n) is 7.61. The van der Waals surface area contributed by atoms with Gasteiger partial charge in [0.1, 0.15) is 5.49 Å². The Morgan fingerprint density at radius 1 is 0.967 bits per heavy atom. The van der Waals surface area contributed by atoms with E-state index in [0.717, 1.165) is 45.3 Å². The normalized spacial score (nSPS) is 12.8. The number of hydrogen-bond acceptors (Lipinski definition) is 2. The molecule has 0 fully saturated rings. The minimum absolute atomic E-state index is 0.458. The molecule has 150 valence electrons. The first-order chi connectivity index (χ1) is 14.6. The molecule has 0 aliphatic rings. The zero-order valence-corrected chi connectivity index (χ0v) is 17.8. The minimum Gasteiger partial charge on any atom is -0.300 e. The molecular formula is C27H27N3. The Labute approximate surface area is 178 Å². The van der Waals surface area contributed by atoms with Gasteiger partial charge in [-0.2, -0.15) is 0 Å². The van der Waals surface area contributed by atoms with Crippen molar-refractivity contribution in [3.63, 3.8) is 0 Å². The molecule has 3 nitrogen and oxygen atoms in total. The van der Waals surface area contributed by atoms with Gasteiger partial charge in [-0.15, -0.1) is 0 Å². The third-order valence-electron chi connectivity index (χ3n) is 5.74. The van der Waals surface area contributed by atoms with Gasteiger partial charge in [-0.1, -0.05) is 75.0 Å². The molecule has 4 rings (SSSR count). The zero-order chi connectivity index (χ0) is 21.1. The highest BCUT2D eigenvalue weighted by atomic mass is 15.0. The molecule has 1 unspecified atom stereocenters. The molecule has 2 heterocycles. The molecule has 0 saturated carbocycles. The summed E-state index contributed by atoms with van der Waals surface area (Å²) in [5.74, 6) is 0.458. The van der Waals surface area contributed by atoms with Crippen molar-refractivity contribution in [3.05, 3.63) is 102 Å². The van der Waals surface area contributed by atoms with E-state index in [-0.39, 0.29) is 0 Å². The van der Waals surface area contributed by atoms with Crippen molar-refractivity contribution in [3.8, 4) is 11.1 Å². The fourth-order valence-corrected chi connectivity index (χ4v) is 3.76. The van der Waals surface area contributed by atoms with Gasteiger partial charge >= 0.3 is 0 Å². The Balaban J connectivity index is 1.84. The van der Waals surface area contributed by atoms with Crippen LogP contribution in [0.15, 0.2) is 90.6 Å². The van der Waals surface area contributed by atoms with Crippen LogP contribution in [0.1, 0.15) is 37.4 Å². The lowest BCUT2D eigenvalue weighted by atomic mass is 9.95. The average molecular weight is 394 g/mol. The number of rotatable bonds is 5. The molecule has 0 bridgehead atoms. The van der Waals surface area contributed by atoms with Gasteiger partial charge in [-0.3, -0.25) is 9.56 Å². The van der Waals surface area contributed by atoms with E-state index in [0.29, 0.717) is 5.92 Å². The van der Waals surface area contributed by atoms with E-state index in [1.54, 1.807) is 7.05 Å². The Morgan fingerprint density at radius 3 is 2.50 bits per heavy atom. The SMILES string of the molecule is C=C(c1ccc2cccc(C(C)CC)c2n1)n1cc(-c2ccccc2)ccc1=NC. The summed E-state index contributed by atoms with van der Waals surface area (Å²) in [4.78, 5) is 9.48. The van der Waals surface area contributed by atoms with Crippen LogP contribution >= 0.6 is 0 Å². The van der Waals surface area contributed by atoms with Gasteiger partial charge in [0.2, 0.25) is 0 Å². The van der Waals surface area contributed by atoms with Crippen LogP contribution in [0.2, 0.25) is 0 Å². The molecule has 0 aliphatic carbocycles. The Kier molecular flexibility index (Phi) is 5.62. The Hall–Kier alpha value is -3.46. The first-order valence-corrected chi connectivity index (χ1v) is 10.4. The molecule has 3 heteroatoms. The second-order valence-corrected chi connectivity index (χ2v) is 7.61. The van der Waals surface area contributed by atoms with E-state index in [1.807, 2.05) is 34.9 Å². The van der Waals surface area contributed by atoms with Crippen molar-refractivity contribution in [1.82, 2.24) is 9.55 Å². The maximum Gasteiger partial charge on any atom is 0.131 e. The number of nitrogens with zero attached hydrogens (tertiary/aromatic N) is 3. The maximum absolute atomic E-state index is 5.04. The molecule has 0 aliphatic heterocycles. The van der Waals surface area contributed by atoms with E-state index in [2.05, 4.69) is 74.1 Å². The minimum atomic E-state index is 0.458. The zero-order valence-electron chi connectivity index (χ0n) is 17.8. The lowest BCUT2D eigenvalue weighted by molar-refractivity contribution is 0.738. The molecule has 4 aromatic rings. The van der Waals surface area contributed by atoms with E-state index in [9.17, 15) is 0 Å². The highest BCUT2D eigenvalue weighted by Crippen LogP contribution is 2.28. The number of hydrogen-bond donors (Lipinski definition) is 0. The highest BCUT2D eigenvalue weighted by molar-refractivity contribution is 5.84. The van der Waals surface area contributed by atoms with Crippen LogP contribution in [0.4, 0.5) is 0 Å². The van der Waals surface area contributed by atoms with Gasteiger partial charge in [-0.05, 0) is 47.2 Å². The smallest absolute Gasteiger partial charge is 0.131 e. The van der Waals surface area contributed by atoms with Crippen molar-refractivity contribution < 1.29 is 0 Å². The molecule has 2 aromatic heterocycles. The number of para-hydroxylation sites is 1. The third kappa shape index (κ3) is 3.71. The quantitative estimate of drug-likeness (QED) is 0.393. The molecule has 0 spiro atoms. The van der Waals surface area contributed by atoms with Crippen LogP contribution < -0.4 is 5.49 Å². The standard InChI is InChI=1S/C27H27N3/c1-5-19(2)24-13-9-12-22-14-16-25(29-27(22)24)20(3)30-18-23(15-17-26(30)28-4)21-10-7-6-8-11-21/h6-19H,3,5H2,1-2,4H3. The Bertz CT molecular complexity index is 1270. The molecule has 0 saturated heterocycles. The predicted octanol–water partition coefficient (Wildman–Crippen LogP) is 6.27. The fourth-order valence-electron chi connectivity index (χ4n) is 3.76. The summed E-state index contributed by atoms with van der Waals surface area (Å²) in [6.07, 6.45) is 3.17. The second kappa shape index (κ2) is 8.50. The summed E-state index contributed by atoms with van der Waals surface area (Å²) >= 11 is 0. The maximum atomic E-state index is 5.04. The summed E-state index contributed by atoms with van der Waals surface area (Å²) < 4.78 is 2.03. The van der Waals surface area contributed by atoms with Gasteiger partial charge < -0.3 is 0 Å². The van der Waals surface area contributed by atoms with E-state index in [1.165, 1.54) is 5.56 Å². The number of aromatic nitrogens is 2. The van der Waals surface area contributed by atoms with Gasteiger partial charge in [0.05, 0.1) is 16.9 Å². The molecule has 2 aromatic carbocycles. The fraction of sp³-hybridized carbons (Fsp3) is 0.185. The molecule has 1 atom stereocenters.